The molecule has 0 amide bonds. The van der Waals surface area contributed by atoms with Crippen molar-refractivity contribution < 1.29 is 18.6 Å². The van der Waals surface area contributed by atoms with Gasteiger partial charge in [0.2, 0.25) is 0 Å². The van der Waals surface area contributed by atoms with Crippen molar-refractivity contribution in [1.29, 1.82) is 0 Å². The van der Waals surface area contributed by atoms with E-state index in [0.717, 1.165) is 51.3 Å². The first-order valence-corrected chi connectivity index (χ1v) is 9.86. The Balaban J connectivity index is 1.56. The van der Waals surface area contributed by atoms with Crippen LogP contribution in [0, 0.1) is 0 Å². The summed E-state index contributed by atoms with van der Waals surface area (Å²) in [6, 6.07) is 7.89. The van der Waals surface area contributed by atoms with E-state index in [0.29, 0.717) is 12.1 Å². The number of piperazine rings is 1. The molecule has 0 spiro atoms. The quantitative estimate of drug-likeness (QED) is 0.782. The smallest absolute Gasteiger partial charge is 0.387 e. The van der Waals surface area contributed by atoms with Crippen LogP contribution < -0.4 is 4.74 Å². The lowest BCUT2D eigenvalue weighted by Crippen LogP contribution is -2.58. The Kier molecular flexibility index (Phi) is 7.41. The molecular formula is C20H31F2N3O2. The van der Waals surface area contributed by atoms with Crippen molar-refractivity contribution in [3.8, 4) is 5.75 Å². The molecule has 2 aliphatic heterocycles. The van der Waals surface area contributed by atoms with Crippen molar-refractivity contribution in [2.45, 2.75) is 44.5 Å². The van der Waals surface area contributed by atoms with Crippen LogP contribution in [0.2, 0.25) is 0 Å². The highest BCUT2D eigenvalue weighted by Gasteiger charge is 2.32. The molecular weight excluding hydrogens is 352 g/mol. The monoisotopic (exact) mass is 383 g/mol. The van der Waals surface area contributed by atoms with Gasteiger partial charge >= 0.3 is 6.61 Å². The van der Waals surface area contributed by atoms with Gasteiger partial charge in [0.15, 0.2) is 0 Å². The van der Waals surface area contributed by atoms with E-state index < -0.39 is 6.61 Å². The molecule has 5 nitrogen and oxygen atoms in total. The van der Waals surface area contributed by atoms with Crippen LogP contribution in [-0.2, 0) is 6.54 Å². The van der Waals surface area contributed by atoms with Crippen molar-refractivity contribution in [2.24, 2.45) is 0 Å². The standard InChI is InChI=1S/C20H31F2N3O2/c1-23-9-6-17(7-10-23)25-12-11-24(15-18(25)8-13-26)14-16-2-4-19(5-3-16)27-20(21)22/h2-5,17-18,20,26H,6-15H2,1H3/t18-/m0/s1. The molecule has 7 heteroatoms. The second kappa shape index (κ2) is 9.78. The lowest BCUT2D eigenvalue weighted by molar-refractivity contribution is -0.0498. The van der Waals surface area contributed by atoms with Gasteiger partial charge in [-0.15, -0.1) is 0 Å². The summed E-state index contributed by atoms with van der Waals surface area (Å²) in [5.74, 6) is 0.194. The molecule has 0 unspecified atom stereocenters. The Morgan fingerprint density at radius 1 is 1.11 bits per heavy atom. The van der Waals surface area contributed by atoms with Gasteiger partial charge in [0.25, 0.3) is 0 Å². The Bertz CT molecular complexity index is 565. The molecule has 152 valence electrons. The first-order chi connectivity index (χ1) is 13.0. The minimum absolute atomic E-state index is 0.194. The van der Waals surface area contributed by atoms with Crippen molar-refractivity contribution in [1.82, 2.24) is 14.7 Å². The van der Waals surface area contributed by atoms with Crippen molar-refractivity contribution in [2.75, 3.05) is 46.4 Å². The number of aliphatic hydroxyl groups excluding tert-OH is 1. The zero-order valence-corrected chi connectivity index (χ0v) is 16.1. The van der Waals surface area contributed by atoms with Gasteiger partial charge in [-0.25, -0.2) is 0 Å². The van der Waals surface area contributed by atoms with Crippen LogP contribution >= 0.6 is 0 Å². The van der Waals surface area contributed by atoms with Gasteiger partial charge in [-0.1, -0.05) is 12.1 Å². The number of aliphatic hydroxyl groups is 1. The van der Waals surface area contributed by atoms with Crippen molar-refractivity contribution in [3.05, 3.63) is 29.8 Å². The maximum atomic E-state index is 12.3. The van der Waals surface area contributed by atoms with Crippen LogP contribution in [0.15, 0.2) is 24.3 Å². The van der Waals surface area contributed by atoms with Crippen LogP contribution in [0.3, 0.4) is 0 Å². The number of halogens is 2. The third-order valence-electron chi connectivity index (χ3n) is 5.79. The number of alkyl halides is 2. The van der Waals surface area contributed by atoms with E-state index in [2.05, 4.69) is 26.5 Å². The topological polar surface area (TPSA) is 39.2 Å². The number of likely N-dealkylation sites (tertiary alicyclic amines) is 1. The SMILES string of the molecule is CN1CCC(N2CCN(Cc3ccc(OC(F)F)cc3)C[C@@H]2CCO)CC1. The zero-order valence-electron chi connectivity index (χ0n) is 16.1. The molecule has 27 heavy (non-hydrogen) atoms. The van der Waals surface area contributed by atoms with E-state index in [9.17, 15) is 13.9 Å². The first kappa shape index (κ1) is 20.5. The average molecular weight is 383 g/mol. The predicted molar refractivity (Wildman–Crippen MR) is 101 cm³/mol. The first-order valence-electron chi connectivity index (χ1n) is 9.86. The fraction of sp³-hybridized carbons (Fsp3) is 0.700. The highest BCUT2D eigenvalue weighted by atomic mass is 19.3. The van der Waals surface area contributed by atoms with E-state index in [1.54, 1.807) is 12.1 Å². The molecule has 1 aromatic rings. The van der Waals surface area contributed by atoms with Crippen LogP contribution in [0.4, 0.5) is 8.78 Å². The van der Waals surface area contributed by atoms with Gasteiger partial charge < -0.3 is 14.7 Å². The Labute approximate surface area is 160 Å². The van der Waals surface area contributed by atoms with Gasteiger partial charge in [-0.05, 0) is 57.1 Å². The molecule has 1 aromatic carbocycles. The summed E-state index contributed by atoms with van der Waals surface area (Å²) in [4.78, 5) is 7.39. The Morgan fingerprint density at radius 3 is 2.44 bits per heavy atom. The van der Waals surface area contributed by atoms with E-state index in [1.165, 1.54) is 12.8 Å². The molecule has 2 fully saturated rings. The number of ether oxygens (including phenoxy) is 1. The lowest BCUT2D eigenvalue weighted by atomic mass is 9.98. The third-order valence-corrected chi connectivity index (χ3v) is 5.79. The number of benzene rings is 1. The minimum atomic E-state index is -2.79. The normalized spacial score (nSPS) is 23.8. The maximum Gasteiger partial charge on any atom is 0.387 e. The van der Waals surface area contributed by atoms with Crippen molar-refractivity contribution in [3.63, 3.8) is 0 Å². The number of rotatable bonds is 7. The van der Waals surface area contributed by atoms with Crippen LogP contribution in [0.1, 0.15) is 24.8 Å². The molecule has 0 bridgehead atoms. The van der Waals surface area contributed by atoms with Crippen LogP contribution in [0.5, 0.6) is 5.75 Å². The van der Waals surface area contributed by atoms with Gasteiger partial charge in [0.1, 0.15) is 5.75 Å². The zero-order chi connectivity index (χ0) is 19.2. The highest BCUT2D eigenvalue weighted by molar-refractivity contribution is 5.27. The van der Waals surface area contributed by atoms with Gasteiger partial charge in [0.05, 0.1) is 0 Å². The molecule has 2 aliphatic rings. The summed E-state index contributed by atoms with van der Waals surface area (Å²) in [6.45, 7) is 3.44. The summed E-state index contributed by atoms with van der Waals surface area (Å²) in [6.07, 6.45) is 3.19. The number of piperidine rings is 1. The molecule has 3 rings (SSSR count). The lowest BCUT2D eigenvalue weighted by Gasteiger charge is -2.47. The summed E-state index contributed by atoms with van der Waals surface area (Å²) in [7, 11) is 2.18. The number of nitrogens with zero attached hydrogens (tertiary/aromatic N) is 3. The molecule has 0 radical (unpaired) electrons. The fourth-order valence-electron chi connectivity index (χ4n) is 4.33. The van der Waals surface area contributed by atoms with E-state index in [4.69, 9.17) is 0 Å². The van der Waals surface area contributed by atoms with Gasteiger partial charge in [-0.2, -0.15) is 8.78 Å². The van der Waals surface area contributed by atoms with Crippen molar-refractivity contribution >= 4 is 0 Å². The summed E-state index contributed by atoms with van der Waals surface area (Å²) in [5.41, 5.74) is 1.09. The molecule has 0 aromatic heterocycles. The summed E-state index contributed by atoms with van der Waals surface area (Å²) < 4.78 is 28.9. The van der Waals surface area contributed by atoms with Gasteiger partial charge in [0, 0.05) is 44.9 Å². The van der Waals surface area contributed by atoms with Crippen LogP contribution in [0.25, 0.3) is 0 Å². The van der Waals surface area contributed by atoms with E-state index in [1.807, 2.05) is 12.1 Å². The van der Waals surface area contributed by atoms with Crippen LogP contribution in [-0.4, -0.2) is 84.9 Å². The van der Waals surface area contributed by atoms with Gasteiger partial charge in [-0.3, -0.25) is 9.80 Å². The fourth-order valence-corrected chi connectivity index (χ4v) is 4.33. The number of hydrogen-bond donors (Lipinski definition) is 1. The molecule has 2 heterocycles. The second-order valence-electron chi connectivity index (χ2n) is 7.70. The molecule has 0 saturated carbocycles. The second-order valence-corrected chi connectivity index (χ2v) is 7.70. The Hall–Kier alpha value is -1.28. The molecule has 0 aliphatic carbocycles. The Morgan fingerprint density at radius 2 is 1.81 bits per heavy atom. The molecule has 2 saturated heterocycles. The highest BCUT2D eigenvalue weighted by Crippen LogP contribution is 2.24. The molecule has 1 atom stereocenters. The average Bonchev–Trinajstić information content (AvgIpc) is 2.64. The largest absolute Gasteiger partial charge is 0.435 e. The van der Waals surface area contributed by atoms with E-state index in [-0.39, 0.29) is 12.4 Å². The maximum absolute atomic E-state index is 12.3. The minimum Gasteiger partial charge on any atom is -0.435 e. The third kappa shape index (κ3) is 5.85. The van der Waals surface area contributed by atoms with E-state index >= 15 is 0 Å². The molecule has 1 N–H and O–H groups in total. The summed E-state index contributed by atoms with van der Waals surface area (Å²) >= 11 is 0. The predicted octanol–water partition coefficient (Wildman–Crippen LogP) is 2.25. The number of hydrogen-bond acceptors (Lipinski definition) is 5. The summed E-state index contributed by atoms with van der Waals surface area (Å²) in [5, 5.41) is 9.53.